The van der Waals surface area contributed by atoms with Gasteiger partial charge < -0.3 is 5.32 Å². The fraction of sp³-hybridized carbons (Fsp3) is 0.462. The summed E-state index contributed by atoms with van der Waals surface area (Å²) >= 11 is 23.9. The molecular weight excluding hydrogens is 342 g/mol. The van der Waals surface area contributed by atoms with Gasteiger partial charge in [0.1, 0.15) is 0 Å². The van der Waals surface area contributed by atoms with Crippen LogP contribution in [0.2, 0.25) is 20.1 Å². The Bertz CT molecular complexity index is 467. The van der Waals surface area contributed by atoms with E-state index in [1.807, 2.05) is 11.9 Å². The molecule has 0 atom stereocenters. The molecule has 1 aromatic rings. The number of carbonyl (C=O) groups is 1. The summed E-state index contributed by atoms with van der Waals surface area (Å²) in [4.78, 5) is 13.9. The van der Waals surface area contributed by atoms with E-state index in [1.54, 1.807) is 0 Å². The normalized spacial score (nSPS) is 10.9. The number of hydrogen-bond donors (Lipinski definition) is 1. The molecule has 0 aromatic heterocycles. The van der Waals surface area contributed by atoms with Crippen molar-refractivity contribution >= 4 is 58.0 Å². The maximum Gasteiger partial charge on any atom is 0.238 e. The standard InChI is InChI=1S/C13H16Cl4N2O/c1-3-4-5-19(2)7-10(20)18-13-11(16)8(14)6-9(15)12(13)17/h6H,3-5,7H2,1-2H3,(H,18,20). The third-order valence-electron chi connectivity index (χ3n) is 2.68. The number of likely N-dealkylation sites (N-methyl/N-ethyl adjacent to an activating group) is 1. The first-order valence-corrected chi connectivity index (χ1v) is 7.69. The summed E-state index contributed by atoms with van der Waals surface area (Å²) in [5, 5.41) is 3.52. The number of rotatable bonds is 6. The maximum absolute atomic E-state index is 12.0. The molecule has 1 rings (SSSR count). The zero-order valence-corrected chi connectivity index (χ0v) is 14.3. The zero-order chi connectivity index (χ0) is 15.3. The summed E-state index contributed by atoms with van der Waals surface area (Å²) in [7, 11) is 1.88. The lowest BCUT2D eigenvalue weighted by Crippen LogP contribution is -2.31. The van der Waals surface area contributed by atoms with E-state index in [-0.39, 0.29) is 38.2 Å². The van der Waals surface area contributed by atoms with Crippen molar-refractivity contribution in [3.8, 4) is 0 Å². The first-order chi connectivity index (χ1) is 9.36. The van der Waals surface area contributed by atoms with Gasteiger partial charge in [0.2, 0.25) is 5.91 Å². The number of nitrogens with one attached hydrogen (secondary N) is 1. The van der Waals surface area contributed by atoms with Gasteiger partial charge in [-0.3, -0.25) is 9.69 Å². The molecule has 0 aliphatic carbocycles. The van der Waals surface area contributed by atoms with Crippen molar-refractivity contribution in [1.29, 1.82) is 0 Å². The van der Waals surface area contributed by atoms with Gasteiger partial charge in [-0.05, 0) is 26.1 Å². The van der Waals surface area contributed by atoms with Gasteiger partial charge in [0.05, 0.1) is 32.3 Å². The van der Waals surface area contributed by atoms with Crippen molar-refractivity contribution in [3.05, 3.63) is 26.2 Å². The highest BCUT2D eigenvalue weighted by Gasteiger charge is 2.16. The van der Waals surface area contributed by atoms with Gasteiger partial charge in [-0.15, -0.1) is 0 Å². The van der Waals surface area contributed by atoms with E-state index >= 15 is 0 Å². The Morgan fingerprint density at radius 1 is 1.20 bits per heavy atom. The predicted octanol–water partition coefficient (Wildman–Crippen LogP) is 4.97. The molecule has 0 heterocycles. The van der Waals surface area contributed by atoms with Crippen molar-refractivity contribution < 1.29 is 4.79 Å². The number of anilines is 1. The lowest BCUT2D eigenvalue weighted by atomic mass is 10.3. The van der Waals surface area contributed by atoms with Crippen LogP contribution in [-0.4, -0.2) is 30.9 Å². The summed E-state index contributed by atoms with van der Waals surface area (Å²) < 4.78 is 0. The molecule has 0 saturated carbocycles. The summed E-state index contributed by atoms with van der Waals surface area (Å²) in [6, 6.07) is 1.44. The first kappa shape index (κ1) is 17.9. The average molecular weight is 358 g/mol. The Morgan fingerprint density at radius 3 is 2.25 bits per heavy atom. The van der Waals surface area contributed by atoms with Crippen LogP contribution < -0.4 is 5.32 Å². The summed E-state index contributed by atoms with van der Waals surface area (Å²) in [5.41, 5.74) is 0.250. The molecule has 20 heavy (non-hydrogen) atoms. The van der Waals surface area contributed by atoms with Crippen LogP contribution in [-0.2, 0) is 4.79 Å². The third kappa shape index (κ3) is 4.97. The van der Waals surface area contributed by atoms with Crippen LogP contribution in [0.4, 0.5) is 5.69 Å². The molecule has 0 spiro atoms. The third-order valence-corrected chi connectivity index (χ3v) is 4.26. The molecule has 7 heteroatoms. The molecule has 0 fully saturated rings. The number of benzene rings is 1. The summed E-state index contributed by atoms with van der Waals surface area (Å²) in [5.74, 6) is -0.217. The molecule has 0 bridgehead atoms. The quantitative estimate of drug-likeness (QED) is 0.729. The molecule has 1 amide bonds. The first-order valence-electron chi connectivity index (χ1n) is 6.18. The minimum Gasteiger partial charge on any atom is -0.322 e. The molecule has 112 valence electrons. The Labute approximate surface area is 139 Å². The fourth-order valence-corrected chi connectivity index (χ4v) is 2.52. The number of halogens is 4. The summed E-state index contributed by atoms with van der Waals surface area (Å²) in [6.07, 6.45) is 2.11. The second-order valence-corrected chi connectivity index (χ2v) is 6.05. The monoisotopic (exact) mass is 356 g/mol. The topological polar surface area (TPSA) is 32.3 Å². The highest BCUT2D eigenvalue weighted by Crippen LogP contribution is 2.40. The van der Waals surface area contributed by atoms with Crippen molar-refractivity contribution in [2.75, 3.05) is 25.5 Å². The lowest BCUT2D eigenvalue weighted by Gasteiger charge is -2.17. The van der Waals surface area contributed by atoms with E-state index in [2.05, 4.69) is 12.2 Å². The van der Waals surface area contributed by atoms with Gasteiger partial charge in [0.25, 0.3) is 0 Å². The van der Waals surface area contributed by atoms with Crippen LogP contribution in [0.1, 0.15) is 19.8 Å². The van der Waals surface area contributed by atoms with Crippen molar-refractivity contribution in [2.24, 2.45) is 0 Å². The van der Waals surface area contributed by atoms with Crippen LogP contribution in [0.15, 0.2) is 6.07 Å². The van der Waals surface area contributed by atoms with Crippen LogP contribution in [0.25, 0.3) is 0 Å². The second-order valence-electron chi connectivity index (χ2n) is 4.48. The number of unbranched alkanes of at least 4 members (excludes halogenated alkanes) is 1. The molecule has 3 nitrogen and oxygen atoms in total. The van der Waals surface area contributed by atoms with Crippen molar-refractivity contribution in [2.45, 2.75) is 19.8 Å². The number of amides is 1. The van der Waals surface area contributed by atoms with Gasteiger partial charge in [0.15, 0.2) is 0 Å². The van der Waals surface area contributed by atoms with Crippen LogP contribution in [0, 0.1) is 0 Å². The Hall–Kier alpha value is -0.190. The zero-order valence-electron chi connectivity index (χ0n) is 11.3. The molecular formula is C13H16Cl4N2O. The van der Waals surface area contributed by atoms with E-state index in [0.717, 1.165) is 19.4 Å². The smallest absolute Gasteiger partial charge is 0.238 e. The highest BCUT2D eigenvalue weighted by molar-refractivity contribution is 6.50. The second kappa shape index (κ2) is 8.30. The van der Waals surface area contributed by atoms with Gasteiger partial charge >= 0.3 is 0 Å². The highest BCUT2D eigenvalue weighted by atomic mass is 35.5. The van der Waals surface area contributed by atoms with Gasteiger partial charge in [-0.1, -0.05) is 59.7 Å². The molecule has 0 aliphatic rings. The van der Waals surface area contributed by atoms with E-state index in [1.165, 1.54) is 6.07 Å². The van der Waals surface area contributed by atoms with Crippen molar-refractivity contribution in [3.63, 3.8) is 0 Å². The number of carbonyl (C=O) groups excluding carboxylic acids is 1. The predicted molar refractivity (Wildman–Crippen MR) is 87.5 cm³/mol. The molecule has 1 aromatic carbocycles. The van der Waals surface area contributed by atoms with Crippen LogP contribution in [0.3, 0.4) is 0 Å². The molecule has 0 aliphatic heterocycles. The minimum atomic E-state index is -0.217. The Kier molecular flexibility index (Phi) is 7.41. The van der Waals surface area contributed by atoms with E-state index in [4.69, 9.17) is 46.4 Å². The lowest BCUT2D eigenvalue weighted by molar-refractivity contribution is -0.117. The Morgan fingerprint density at radius 2 is 1.75 bits per heavy atom. The van der Waals surface area contributed by atoms with Gasteiger partial charge in [0, 0.05) is 0 Å². The van der Waals surface area contributed by atoms with Crippen molar-refractivity contribution in [1.82, 2.24) is 4.90 Å². The fourth-order valence-electron chi connectivity index (χ4n) is 1.61. The average Bonchev–Trinajstić information content (AvgIpc) is 2.39. The van der Waals surface area contributed by atoms with Crippen LogP contribution >= 0.6 is 46.4 Å². The summed E-state index contributed by atoms with van der Waals surface area (Å²) in [6.45, 7) is 3.19. The van der Waals surface area contributed by atoms with Gasteiger partial charge in [-0.25, -0.2) is 0 Å². The van der Waals surface area contributed by atoms with E-state index < -0.39 is 0 Å². The van der Waals surface area contributed by atoms with E-state index in [9.17, 15) is 4.79 Å². The molecule has 0 radical (unpaired) electrons. The largest absolute Gasteiger partial charge is 0.322 e. The number of hydrogen-bond acceptors (Lipinski definition) is 2. The number of nitrogens with zero attached hydrogens (tertiary/aromatic N) is 1. The van der Waals surface area contributed by atoms with Gasteiger partial charge in [-0.2, -0.15) is 0 Å². The molecule has 0 unspecified atom stereocenters. The Balaban J connectivity index is 2.76. The minimum absolute atomic E-state index is 0.186. The molecule has 0 saturated heterocycles. The van der Waals surface area contributed by atoms with E-state index in [0.29, 0.717) is 0 Å². The van der Waals surface area contributed by atoms with Crippen LogP contribution in [0.5, 0.6) is 0 Å². The maximum atomic E-state index is 12.0. The SMILES string of the molecule is CCCCN(C)CC(=O)Nc1c(Cl)c(Cl)cc(Cl)c1Cl. The molecule has 1 N–H and O–H groups in total.